The van der Waals surface area contributed by atoms with Crippen molar-refractivity contribution in [1.29, 1.82) is 0 Å². The van der Waals surface area contributed by atoms with Gasteiger partial charge in [0.2, 0.25) is 10.0 Å². The number of hydrogen-bond acceptors (Lipinski definition) is 4. The minimum atomic E-state index is -3.67. The summed E-state index contributed by atoms with van der Waals surface area (Å²) in [6.07, 6.45) is 0. The summed E-state index contributed by atoms with van der Waals surface area (Å²) in [6.45, 7) is 5.26. The summed E-state index contributed by atoms with van der Waals surface area (Å²) in [7, 11) is -3.67. The third-order valence-corrected chi connectivity index (χ3v) is 5.56. The Labute approximate surface area is 135 Å². The Morgan fingerprint density at radius 3 is 2.67 bits per heavy atom. The molecule has 5 nitrogen and oxygen atoms in total. The number of morpholine rings is 1. The average Bonchev–Trinajstić information content (AvgIpc) is 2.48. The number of nitrogens with zero attached hydrogens (tertiary/aromatic N) is 1. The summed E-state index contributed by atoms with van der Waals surface area (Å²) in [5.41, 5.74) is 0. The monoisotopic (exact) mass is 352 g/mol. The summed E-state index contributed by atoms with van der Waals surface area (Å²) in [5.74, 6) is 0. The van der Waals surface area contributed by atoms with E-state index in [1.54, 1.807) is 6.07 Å². The second-order valence-corrected chi connectivity index (χ2v) is 7.50. The highest BCUT2D eigenvalue weighted by Gasteiger charge is 2.22. The number of rotatable bonds is 5. The van der Waals surface area contributed by atoms with Gasteiger partial charge < -0.3 is 4.74 Å². The normalized spacial score (nSPS) is 18.6. The van der Waals surface area contributed by atoms with E-state index >= 15 is 0 Å². The molecule has 1 aliphatic heterocycles. The highest BCUT2D eigenvalue weighted by Crippen LogP contribution is 2.24. The Bertz CT molecular complexity index is 589. The summed E-state index contributed by atoms with van der Waals surface area (Å²) < 4.78 is 32.5. The van der Waals surface area contributed by atoms with Gasteiger partial charge in [0.05, 0.1) is 18.2 Å². The van der Waals surface area contributed by atoms with E-state index in [0.717, 1.165) is 13.1 Å². The molecule has 1 aliphatic rings. The SMILES string of the molecule is C[C@H](CNS(=O)(=O)c1cc(Cl)ccc1Cl)N1CCOCC1. The third kappa shape index (κ3) is 4.55. The van der Waals surface area contributed by atoms with Crippen LogP contribution >= 0.6 is 23.2 Å². The van der Waals surface area contributed by atoms with Crippen molar-refractivity contribution in [3.63, 3.8) is 0 Å². The average molecular weight is 353 g/mol. The van der Waals surface area contributed by atoms with Crippen LogP contribution in [0.15, 0.2) is 23.1 Å². The van der Waals surface area contributed by atoms with Crippen LogP contribution in [0, 0.1) is 0 Å². The standard InChI is InChI=1S/C13H18Cl2N2O3S/c1-10(17-4-6-20-7-5-17)9-16-21(18,19)13-8-11(14)2-3-12(13)15/h2-3,8,10,16H,4-7,9H2,1H3/t10-/m1/s1. The molecule has 1 atom stereocenters. The predicted octanol–water partition coefficient (Wildman–Crippen LogP) is 1.99. The highest BCUT2D eigenvalue weighted by molar-refractivity contribution is 7.89. The fourth-order valence-electron chi connectivity index (χ4n) is 2.14. The number of benzene rings is 1. The number of sulfonamides is 1. The first-order valence-corrected chi connectivity index (χ1v) is 8.90. The van der Waals surface area contributed by atoms with E-state index in [9.17, 15) is 8.42 Å². The first kappa shape index (κ1) is 17.0. The molecular weight excluding hydrogens is 335 g/mol. The van der Waals surface area contributed by atoms with Crippen LogP contribution < -0.4 is 4.72 Å². The lowest BCUT2D eigenvalue weighted by molar-refractivity contribution is 0.0213. The fourth-order valence-corrected chi connectivity index (χ4v) is 4.02. The van der Waals surface area contributed by atoms with E-state index in [2.05, 4.69) is 9.62 Å². The highest BCUT2D eigenvalue weighted by atomic mass is 35.5. The van der Waals surface area contributed by atoms with Gasteiger partial charge in [-0.1, -0.05) is 23.2 Å². The van der Waals surface area contributed by atoms with E-state index in [-0.39, 0.29) is 16.0 Å². The van der Waals surface area contributed by atoms with Gasteiger partial charge in [0.25, 0.3) is 0 Å². The molecule has 21 heavy (non-hydrogen) atoms. The van der Waals surface area contributed by atoms with Gasteiger partial charge in [-0.3, -0.25) is 4.90 Å². The molecule has 8 heteroatoms. The molecule has 1 saturated heterocycles. The topological polar surface area (TPSA) is 58.6 Å². The van der Waals surface area contributed by atoms with Crippen LogP contribution in [0.3, 0.4) is 0 Å². The molecule has 0 aliphatic carbocycles. The number of halogens is 2. The maximum Gasteiger partial charge on any atom is 0.242 e. The Hall–Kier alpha value is -0.370. The van der Waals surface area contributed by atoms with Crippen molar-refractivity contribution >= 4 is 33.2 Å². The van der Waals surface area contributed by atoms with Crippen molar-refractivity contribution in [3.8, 4) is 0 Å². The van der Waals surface area contributed by atoms with E-state index in [1.165, 1.54) is 12.1 Å². The Morgan fingerprint density at radius 2 is 2.00 bits per heavy atom. The summed E-state index contributed by atoms with van der Waals surface area (Å²) in [6, 6.07) is 4.47. The van der Waals surface area contributed by atoms with Crippen molar-refractivity contribution < 1.29 is 13.2 Å². The minimum absolute atomic E-state index is 0.00541. The van der Waals surface area contributed by atoms with Crippen molar-refractivity contribution in [3.05, 3.63) is 28.2 Å². The molecule has 1 aromatic rings. The van der Waals surface area contributed by atoms with Crippen LogP contribution in [-0.2, 0) is 14.8 Å². The summed E-state index contributed by atoms with van der Waals surface area (Å²) >= 11 is 11.8. The minimum Gasteiger partial charge on any atom is -0.379 e. The van der Waals surface area contributed by atoms with Gasteiger partial charge in [-0.15, -0.1) is 0 Å². The maximum absolute atomic E-state index is 12.3. The molecule has 0 bridgehead atoms. The molecule has 118 valence electrons. The van der Waals surface area contributed by atoms with Gasteiger partial charge >= 0.3 is 0 Å². The Balaban J connectivity index is 2.02. The second kappa shape index (κ2) is 7.26. The molecule has 0 radical (unpaired) electrons. The first-order chi connectivity index (χ1) is 9.90. The molecule has 0 unspecified atom stereocenters. The molecule has 1 aromatic carbocycles. The number of hydrogen-bond donors (Lipinski definition) is 1. The van der Waals surface area contributed by atoms with Gasteiger partial charge in [0.1, 0.15) is 4.90 Å². The molecule has 1 fully saturated rings. The zero-order chi connectivity index (χ0) is 15.5. The van der Waals surface area contributed by atoms with Gasteiger partial charge in [0, 0.05) is 30.7 Å². The molecule has 1 heterocycles. The van der Waals surface area contributed by atoms with E-state index in [0.29, 0.717) is 24.8 Å². The Kier molecular flexibility index (Phi) is 5.88. The largest absolute Gasteiger partial charge is 0.379 e. The molecular formula is C13H18Cl2N2O3S. The first-order valence-electron chi connectivity index (χ1n) is 6.66. The molecule has 0 spiro atoms. The van der Waals surface area contributed by atoms with Crippen LogP contribution in [0.4, 0.5) is 0 Å². The molecule has 0 amide bonds. The molecule has 2 rings (SSSR count). The van der Waals surface area contributed by atoms with E-state index in [4.69, 9.17) is 27.9 Å². The number of ether oxygens (including phenoxy) is 1. The van der Waals surface area contributed by atoms with Gasteiger partial charge in [0.15, 0.2) is 0 Å². The van der Waals surface area contributed by atoms with Crippen LogP contribution in [-0.4, -0.2) is 52.2 Å². The molecule has 1 N–H and O–H groups in total. The van der Waals surface area contributed by atoms with E-state index < -0.39 is 10.0 Å². The summed E-state index contributed by atoms with van der Waals surface area (Å²) in [4.78, 5) is 2.19. The van der Waals surface area contributed by atoms with Gasteiger partial charge in [-0.2, -0.15) is 0 Å². The van der Waals surface area contributed by atoms with Gasteiger partial charge in [-0.25, -0.2) is 13.1 Å². The second-order valence-electron chi connectivity index (χ2n) is 4.92. The third-order valence-electron chi connectivity index (χ3n) is 3.42. The number of nitrogens with one attached hydrogen (secondary N) is 1. The molecule has 0 saturated carbocycles. The lowest BCUT2D eigenvalue weighted by atomic mass is 10.2. The maximum atomic E-state index is 12.3. The zero-order valence-electron chi connectivity index (χ0n) is 11.7. The lowest BCUT2D eigenvalue weighted by Crippen LogP contribution is -2.47. The lowest BCUT2D eigenvalue weighted by Gasteiger charge is -2.32. The van der Waals surface area contributed by atoms with Crippen LogP contribution in [0.1, 0.15) is 6.92 Å². The van der Waals surface area contributed by atoms with Crippen molar-refractivity contribution in [1.82, 2.24) is 9.62 Å². The van der Waals surface area contributed by atoms with Gasteiger partial charge in [-0.05, 0) is 25.1 Å². The Morgan fingerprint density at radius 1 is 1.33 bits per heavy atom. The quantitative estimate of drug-likeness (QED) is 0.880. The smallest absolute Gasteiger partial charge is 0.242 e. The van der Waals surface area contributed by atoms with Crippen LogP contribution in [0.5, 0.6) is 0 Å². The van der Waals surface area contributed by atoms with Crippen LogP contribution in [0.2, 0.25) is 10.0 Å². The van der Waals surface area contributed by atoms with Crippen molar-refractivity contribution in [2.24, 2.45) is 0 Å². The van der Waals surface area contributed by atoms with Crippen LogP contribution in [0.25, 0.3) is 0 Å². The summed E-state index contributed by atoms with van der Waals surface area (Å²) in [5, 5.41) is 0.493. The zero-order valence-corrected chi connectivity index (χ0v) is 14.0. The molecule has 0 aromatic heterocycles. The van der Waals surface area contributed by atoms with E-state index in [1.807, 2.05) is 6.92 Å². The predicted molar refractivity (Wildman–Crippen MR) is 83.5 cm³/mol. The van der Waals surface area contributed by atoms with Crippen molar-refractivity contribution in [2.75, 3.05) is 32.8 Å². The fraction of sp³-hybridized carbons (Fsp3) is 0.538. The van der Waals surface area contributed by atoms with Crippen molar-refractivity contribution in [2.45, 2.75) is 17.9 Å².